The van der Waals surface area contributed by atoms with Gasteiger partial charge >= 0.3 is 0 Å². The number of nitrogens with zero attached hydrogens (tertiary/aromatic N) is 2. The first kappa shape index (κ1) is 21.3. The van der Waals surface area contributed by atoms with Gasteiger partial charge in [-0.3, -0.25) is 4.79 Å². The maximum atomic E-state index is 12.7. The van der Waals surface area contributed by atoms with Gasteiger partial charge in [0.15, 0.2) is 11.5 Å². The number of carbonyl (C=O) groups is 1. The molecule has 0 saturated carbocycles. The van der Waals surface area contributed by atoms with Crippen LogP contribution in [-0.4, -0.2) is 28.1 Å². The second-order valence-electron chi connectivity index (χ2n) is 7.05. The van der Waals surface area contributed by atoms with Crippen LogP contribution in [-0.2, 0) is 0 Å². The van der Waals surface area contributed by atoms with Crippen molar-refractivity contribution in [1.82, 2.24) is 15.3 Å². The molecule has 0 spiro atoms. The molecule has 1 atom stereocenters. The van der Waals surface area contributed by atoms with Gasteiger partial charge in [0.2, 0.25) is 5.95 Å². The molecule has 1 amide bonds. The van der Waals surface area contributed by atoms with E-state index in [4.69, 9.17) is 4.74 Å². The summed E-state index contributed by atoms with van der Waals surface area (Å²) in [6.07, 6.45) is 1.64. The average Bonchev–Trinajstić information content (AvgIpc) is 3.31. The van der Waals surface area contributed by atoms with Crippen molar-refractivity contribution in [3.8, 4) is 22.1 Å². The molecule has 2 heterocycles. The van der Waals surface area contributed by atoms with Crippen LogP contribution in [0, 0.1) is 0 Å². The number of ether oxygens (including phenoxy) is 1. The zero-order valence-electron chi connectivity index (χ0n) is 17.6. The summed E-state index contributed by atoms with van der Waals surface area (Å²) >= 11 is 1.37. The molecule has 4 rings (SSSR count). The Balaban J connectivity index is 1.47. The van der Waals surface area contributed by atoms with E-state index >= 15 is 0 Å². The Hall–Kier alpha value is -3.91. The zero-order chi connectivity index (χ0) is 22.5. The number of nitrogens with one attached hydrogen (secondary N) is 2. The second-order valence-corrected chi connectivity index (χ2v) is 8.13. The molecule has 3 N–H and O–H groups in total. The van der Waals surface area contributed by atoms with Crippen molar-refractivity contribution in [2.24, 2.45) is 0 Å². The number of methoxy groups -OCH3 is 1. The number of amides is 1. The highest BCUT2D eigenvalue weighted by molar-refractivity contribution is 7.17. The molecule has 0 aliphatic heterocycles. The fraction of sp³-hybridized carbons (Fsp3) is 0.125. The third-order valence-corrected chi connectivity index (χ3v) is 5.93. The molecule has 0 radical (unpaired) electrons. The molecule has 162 valence electrons. The van der Waals surface area contributed by atoms with Crippen molar-refractivity contribution < 1.29 is 14.6 Å². The maximum Gasteiger partial charge on any atom is 0.261 e. The van der Waals surface area contributed by atoms with Gasteiger partial charge in [-0.25, -0.2) is 9.97 Å². The Morgan fingerprint density at radius 2 is 1.91 bits per heavy atom. The zero-order valence-corrected chi connectivity index (χ0v) is 18.4. The van der Waals surface area contributed by atoms with E-state index in [1.165, 1.54) is 24.5 Å². The molecule has 2 aromatic carbocycles. The summed E-state index contributed by atoms with van der Waals surface area (Å²) in [5, 5.41) is 16.0. The number of hydrogen-bond donors (Lipinski definition) is 3. The summed E-state index contributed by atoms with van der Waals surface area (Å²) in [7, 11) is 1.49. The van der Waals surface area contributed by atoms with E-state index in [1.54, 1.807) is 30.5 Å². The SMILES string of the molecule is COc1ccc(Nc2nccc(-c3ccc(C(=O)NC(C)c4ccccc4)s3)n2)cc1O. The summed E-state index contributed by atoms with van der Waals surface area (Å²) < 4.78 is 5.06. The van der Waals surface area contributed by atoms with Crippen LogP contribution in [0.3, 0.4) is 0 Å². The molecule has 32 heavy (non-hydrogen) atoms. The smallest absolute Gasteiger partial charge is 0.261 e. The van der Waals surface area contributed by atoms with E-state index in [1.807, 2.05) is 43.3 Å². The van der Waals surface area contributed by atoms with Crippen molar-refractivity contribution in [3.63, 3.8) is 0 Å². The minimum absolute atomic E-state index is 0.0206. The summed E-state index contributed by atoms with van der Waals surface area (Å²) in [5.74, 6) is 0.659. The lowest BCUT2D eigenvalue weighted by atomic mass is 10.1. The lowest BCUT2D eigenvalue weighted by Gasteiger charge is -2.13. The Kier molecular flexibility index (Phi) is 6.32. The molecule has 0 aliphatic carbocycles. The summed E-state index contributed by atoms with van der Waals surface area (Å²) in [6.45, 7) is 1.96. The standard InChI is InChI=1S/C24H22N4O3S/c1-15(16-6-4-3-5-7-16)26-23(30)22-11-10-21(32-22)18-12-13-25-24(28-18)27-17-8-9-20(31-2)19(29)14-17/h3-15,29H,1-2H3,(H,26,30)(H,25,27,28). The first-order valence-electron chi connectivity index (χ1n) is 9.96. The van der Waals surface area contributed by atoms with Gasteiger partial charge in [-0.2, -0.15) is 0 Å². The van der Waals surface area contributed by atoms with E-state index in [-0.39, 0.29) is 17.7 Å². The maximum absolute atomic E-state index is 12.7. The van der Waals surface area contributed by atoms with E-state index in [9.17, 15) is 9.90 Å². The van der Waals surface area contributed by atoms with E-state index in [0.29, 0.717) is 28.0 Å². The van der Waals surface area contributed by atoms with E-state index < -0.39 is 0 Å². The van der Waals surface area contributed by atoms with Gasteiger partial charge < -0.3 is 20.5 Å². The van der Waals surface area contributed by atoms with Crippen LogP contribution in [0.2, 0.25) is 0 Å². The van der Waals surface area contributed by atoms with Crippen LogP contribution in [0.1, 0.15) is 28.2 Å². The van der Waals surface area contributed by atoms with Crippen molar-refractivity contribution in [2.45, 2.75) is 13.0 Å². The highest BCUT2D eigenvalue weighted by atomic mass is 32.1. The van der Waals surface area contributed by atoms with Crippen molar-refractivity contribution in [2.75, 3.05) is 12.4 Å². The number of anilines is 2. The Bertz CT molecular complexity index is 1230. The fourth-order valence-corrected chi connectivity index (χ4v) is 4.02. The lowest BCUT2D eigenvalue weighted by molar-refractivity contribution is 0.0944. The number of benzene rings is 2. The van der Waals surface area contributed by atoms with Crippen LogP contribution >= 0.6 is 11.3 Å². The molecule has 4 aromatic rings. The highest BCUT2D eigenvalue weighted by Gasteiger charge is 2.15. The van der Waals surface area contributed by atoms with Crippen LogP contribution < -0.4 is 15.4 Å². The Labute approximate surface area is 189 Å². The minimum atomic E-state index is -0.126. The third-order valence-electron chi connectivity index (χ3n) is 4.82. The molecule has 0 aliphatic rings. The number of carbonyl (C=O) groups excluding carboxylic acids is 1. The number of aromatic nitrogens is 2. The summed E-state index contributed by atoms with van der Waals surface area (Å²) in [5.41, 5.74) is 2.37. The quantitative estimate of drug-likeness (QED) is 0.363. The number of phenols is 1. The van der Waals surface area contributed by atoms with E-state index in [2.05, 4.69) is 20.6 Å². The normalized spacial score (nSPS) is 11.6. The van der Waals surface area contributed by atoms with Crippen LogP contribution in [0.25, 0.3) is 10.6 Å². The molecule has 0 fully saturated rings. The lowest BCUT2D eigenvalue weighted by Crippen LogP contribution is -2.25. The fourth-order valence-electron chi connectivity index (χ4n) is 3.14. The van der Waals surface area contributed by atoms with E-state index in [0.717, 1.165) is 10.4 Å². The Morgan fingerprint density at radius 1 is 1.09 bits per heavy atom. The number of aromatic hydroxyl groups is 1. The number of thiophene rings is 1. The number of phenolic OH excluding ortho intramolecular Hbond substituents is 1. The monoisotopic (exact) mass is 446 g/mol. The summed E-state index contributed by atoms with van der Waals surface area (Å²) in [4.78, 5) is 22.9. The average molecular weight is 447 g/mol. The molecular weight excluding hydrogens is 424 g/mol. The van der Waals surface area contributed by atoms with Gasteiger partial charge in [-0.05, 0) is 42.8 Å². The van der Waals surface area contributed by atoms with Gasteiger partial charge in [0, 0.05) is 18.0 Å². The van der Waals surface area contributed by atoms with Gasteiger partial charge in [-0.1, -0.05) is 30.3 Å². The second kappa shape index (κ2) is 9.49. The molecule has 0 bridgehead atoms. The third kappa shape index (κ3) is 4.87. The molecular formula is C24H22N4O3S. The van der Waals surface area contributed by atoms with Crippen molar-refractivity contribution >= 4 is 28.9 Å². The topological polar surface area (TPSA) is 96.4 Å². The molecule has 7 nitrogen and oxygen atoms in total. The van der Waals surface area contributed by atoms with Crippen molar-refractivity contribution in [1.29, 1.82) is 0 Å². The summed E-state index contributed by atoms with van der Waals surface area (Å²) in [6, 6.07) is 20.2. The van der Waals surface area contributed by atoms with Gasteiger partial charge in [0.05, 0.1) is 28.6 Å². The van der Waals surface area contributed by atoms with Crippen molar-refractivity contribution in [3.05, 3.63) is 83.4 Å². The number of hydrogen-bond acceptors (Lipinski definition) is 7. The first-order chi connectivity index (χ1) is 15.5. The predicted octanol–water partition coefficient (Wildman–Crippen LogP) is 5.15. The largest absolute Gasteiger partial charge is 0.504 e. The molecule has 8 heteroatoms. The highest BCUT2D eigenvalue weighted by Crippen LogP contribution is 2.31. The Morgan fingerprint density at radius 3 is 2.66 bits per heavy atom. The molecule has 2 aromatic heterocycles. The molecule has 0 saturated heterocycles. The minimum Gasteiger partial charge on any atom is -0.504 e. The predicted molar refractivity (Wildman–Crippen MR) is 126 cm³/mol. The van der Waals surface area contributed by atoms with Gasteiger partial charge in [-0.15, -0.1) is 11.3 Å². The molecule has 1 unspecified atom stereocenters. The van der Waals surface area contributed by atoms with Gasteiger partial charge in [0.1, 0.15) is 0 Å². The van der Waals surface area contributed by atoms with Crippen LogP contribution in [0.15, 0.2) is 72.9 Å². The van der Waals surface area contributed by atoms with Crippen LogP contribution in [0.5, 0.6) is 11.5 Å². The number of rotatable bonds is 7. The van der Waals surface area contributed by atoms with Crippen LogP contribution in [0.4, 0.5) is 11.6 Å². The van der Waals surface area contributed by atoms with Gasteiger partial charge in [0.25, 0.3) is 5.91 Å². The first-order valence-corrected chi connectivity index (χ1v) is 10.8.